The third-order valence-corrected chi connectivity index (χ3v) is 5.77. The molecule has 2 fully saturated rings. The Morgan fingerprint density at radius 2 is 1.85 bits per heavy atom. The first-order chi connectivity index (χ1) is 9.80. The average molecular weight is 282 g/mol. The minimum Gasteiger partial charge on any atom is -0.395 e. The van der Waals surface area contributed by atoms with Crippen molar-refractivity contribution in [1.82, 2.24) is 4.90 Å². The average Bonchev–Trinajstić information content (AvgIpc) is 2.53. The third-order valence-electron chi connectivity index (χ3n) is 5.77. The number of nitrogens with two attached hydrogens (primary N) is 1. The van der Waals surface area contributed by atoms with Gasteiger partial charge in [-0.3, -0.25) is 4.90 Å². The lowest BCUT2D eigenvalue weighted by molar-refractivity contribution is 0.0198. The number of aliphatic hydroxyl groups is 1. The lowest BCUT2D eigenvalue weighted by Crippen LogP contribution is -2.52. The summed E-state index contributed by atoms with van der Waals surface area (Å²) in [5.41, 5.74) is 6.05. The van der Waals surface area contributed by atoms with Crippen molar-refractivity contribution < 1.29 is 5.11 Å². The maximum Gasteiger partial charge on any atom is 0.0558 e. The molecule has 0 heterocycles. The number of rotatable bonds is 6. The van der Waals surface area contributed by atoms with Crippen molar-refractivity contribution in [2.45, 2.75) is 76.8 Å². The highest BCUT2D eigenvalue weighted by Crippen LogP contribution is 2.36. The van der Waals surface area contributed by atoms with Crippen LogP contribution in [0.15, 0.2) is 0 Å². The molecule has 0 radical (unpaired) electrons. The van der Waals surface area contributed by atoms with Gasteiger partial charge in [0.15, 0.2) is 0 Å². The Bertz CT molecular complexity index is 266. The van der Waals surface area contributed by atoms with E-state index in [4.69, 9.17) is 5.73 Å². The molecule has 3 atom stereocenters. The standard InChI is InChI=1S/C17H34N2O/c1-2-14-8-9-15(13-18)17(12-14)19(10-11-20)16-6-4-3-5-7-16/h14-17,20H,2-13,18H2,1H3. The first-order valence-electron chi connectivity index (χ1n) is 8.86. The molecule has 0 saturated heterocycles. The number of hydrogen-bond donors (Lipinski definition) is 2. The van der Waals surface area contributed by atoms with Gasteiger partial charge in [0.25, 0.3) is 0 Å². The predicted molar refractivity (Wildman–Crippen MR) is 84.6 cm³/mol. The van der Waals surface area contributed by atoms with Crippen LogP contribution in [-0.4, -0.2) is 41.8 Å². The molecule has 0 bridgehead atoms. The molecular weight excluding hydrogens is 248 g/mol. The van der Waals surface area contributed by atoms with Gasteiger partial charge in [-0.1, -0.05) is 39.0 Å². The van der Waals surface area contributed by atoms with Gasteiger partial charge >= 0.3 is 0 Å². The van der Waals surface area contributed by atoms with Gasteiger partial charge in [-0.05, 0) is 44.1 Å². The molecular formula is C17H34N2O. The van der Waals surface area contributed by atoms with E-state index >= 15 is 0 Å². The molecule has 0 spiro atoms. The minimum absolute atomic E-state index is 0.293. The summed E-state index contributed by atoms with van der Waals surface area (Å²) in [6, 6.07) is 1.32. The lowest BCUT2D eigenvalue weighted by Gasteiger charge is -2.46. The number of aliphatic hydroxyl groups excluding tert-OH is 1. The van der Waals surface area contributed by atoms with Crippen molar-refractivity contribution in [2.75, 3.05) is 19.7 Å². The topological polar surface area (TPSA) is 49.5 Å². The van der Waals surface area contributed by atoms with E-state index in [-0.39, 0.29) is 0 Å². The van der Waals surface area contributed by atoms with Crippen LogP contribution >= 0.6 is 0 Å². The van der Waals surface area contributed by atoms with E-state index in [1.807, 2.05) is 0 Å². The highest BCUT2D eigenvalue weighted by Gasteiger charge is 2.36. The van der Waals surface area contributed by atoms with E-state index in [0.717, 1.165) is 19.0 Å². The molecule has 118 valence electrons. The minimum atomic E-state index is 0.293. The van der Waals surface area contributed by atoms with E-state index in [1.165, 1.54) is 57.8 Å². The van der Waals surface area contributed by atoms with Gasteiger partial charge in [-0.25, -0.2) is 0 Å². The fraction of sp³-hybridized carbons (Fsp3) is 1.00. The molecule has 20 heavy (non-hydrogen) atoms. The highest BCUT2D eigenvalue weighted by molar-refractivity contribution is 4.90. The van der Waals surface area contributed by atoms with Crippen LogP contribution in [0.5, 0.6) is 0 Å². The Labute approximate surface area is 124 Å². The van der Waals surface area contributed by atoms with E-state index in [9.17, 15) is 5.11 Å². The molecule has 3 heteroatoms. The van der Waals surface area contributed by atoms with Crippen LogP contribution in [0.1, 0.15) is 64.7 Å². The second-order valence-electron chi connectivity index (χ2n) is 6.90. The monoisotopic (exact) mass is 282 g/mol. The Hall–Kier alpha value is -0.120. The molecule has 0 aliphatic heterocycles. The van der Waals surface area contributed by atoms with E-state index in [2.05, 4.69) is 11.8 Å². The summed E-state index contributed by atoms with van der Waals surface area (Å²) in [4.78, 5) is 2.65. The summed E-state index contributed by atoms with van der Waals surface area (Å²) in [6.45, 7) is 4.28. The van der Waals surface area contributed by atoms with Crippen LogP contribution in [0.2, 0.25) is 0 Å². The Balaban J connectivity index is 2.06. The summed E-state index contributed by atoms with van der Waals surface area (Å²) in [6.07, 6.45) is 12.0. The molecule has 2 rings (SSSR count). The first kappa shape index (κ1) is 16.3. The Morgan fingerprint density at radius 1 is 1.10 bits per heavy atom. The SMILES string of the molecule is CCC1CCC(CN)C(N(CCO)C2CCCCC2)C1. The Morgan fingerprint density at radius 3 is 2.45 bits per heavy atom. The van der Waals surface area contributed by atoms with Crippen LogP contribution < -0.4 is 5.73 Å². The van der Waals surface area contributed by atoms with Crippen molar-refractivity contribution >= 4 is 0 Å². The van der Waals surface area contributed by atoms with Crippen molar-refractivity contribution in [3.63, 3.8) is 0 Å². The molecule has 0 aromatic carbocycles. The summed E-state index contributed by atoms with van der Waals surface area (Å²) in [7, 11) is 0. The van der Waals surface area contributed by atoms with Crippen molar-refractivity contribution in [1.29, 1.82) is 0 Å². The second-order valence-corrected chi connectivity index (χ2v) is 6.90. The molecule has 0 aromatic heterocycles. The summed E-state index contributed by atoms with van der Waals surface area (Å²) < 4.78 is 0. The Kier molecular flexibility index (Phi) is 6.79. The zero-order valence-electron chi connectivity index (χ0n) is 13.3. The number of nitrogens with zero attached hydrogens (tertiary/aromatic N) is 1. The van der Waals surface area contributed by atoms with Crippen LogP contribution in [-0.2, 0) is 0 Å². The van der Waals surface area contributed by atoms with Gasteiger partial charge in [0.2, 0.25) is 0 Å². The van der Waals surface area contributed by atoms with Crippen LogP contribution in [0.4, 0.5) is 0 Å². The molecule has 3 unspecified atom stereocenters. The van der Waals surface area contributed by atoms with E-state index in [1.54, 1.807) is 0 Å². The lowest BCUT2D eigenvalue weighted by atomic mass is 9.75. The van der Waals surface area contributed by atoms with Crippen LogP contribution in [0.25, 0.3) is 0 Å². The largest absolute Gasteiger partial charge is 0.395 e. The first-order valence-corrected chi connectivity index (χ1v) is 8.86. The maximum atomic E-state index is 9.51. The summed E-state index contributed by atoms with van der Waals surface area (Å²) in [5.74, 6) is 1.51. The van der Waals surface area contributed by atoms with Crippen LogP contribution in [0, 0.1) is 11.8 Å². The van der Waals surface area contributed by atoms with Crippen LogP contribution in [0.3, 0.4) is 0 Å². The molecule has 2 aliphatic rings. The second kappa shape index (κ2) is 8.35. The molecule has 2 aliphatic carbocycles. The van der Waals surface area contributed by atoms with Crippen molar-refractivity contribution in [3.05, 3.63) is 0 Å². The maximum absolute atomic E-state index is 9.51. The van der Waals surface area contributed by atoms with Crippen molar-refractivity contribution in [3.8, 4) is 0 Å². The highest BCUT2D eigenvalue weighted by atomic mass is 16.3. The summed E-state index contributed by atoms with van der Waals surface area (Å²) >= 11 is 0. The van der Waals surface area contributed by atoms with Gasteiger partial charge in [-0.2, -0.15) is 0 Å². The molecule has 3 N–H and O–H groups in total. The van der Waals surface area contributed by atoms with Gasteiger partial charge < -0.3 is 10.8 Å². The van der Waals surface area contributed by atoms with E-state index in [0.29, 0.717) is 24.6 Å². The molecule has 2 saturated carbocycles. The van der Waals surface area contributed by atoms with E-state index < -0.39 is 0 Å². The van der Waals surface area contributed by atoms with Gasteiger partial charge in [0.1, 0.15) is 0 Å². The van der Waals surface area contributed by atoms with Gasteiger partial charge in [-0.15, -0.1) is 0 Å². The molecule has 0 aromatic rings. The normalized spacial score (nSPS) is 32.7. The van der Waals surface area contributed by atoms with Gasteiger partial charge in [0.05, 0.1) is 6.61 Å². The van der Waals surface area contributed by atoms with Crippen molar-refractivity contribution in [2.24, 2.45) is 17.6 Å². The molecule has 3 nitrogen and oxygen atoms in total. The predicted octanol–water partition coefficient (Wildman–Crippen LogP) is 2.77. The zero-order valence-corrected chi connectivity index (χ0v) is 13.3. The fourth-order valence-corrected chi connectivity index (χ4v) is 4.49. The smallest absolute Gasteiger partial charge is 0.0558 e. The molecule has 0 amide bonds. The number of hydrogen-bond acceptors (Lipinski definition) is 3. The van der Waals surface area contributed by atoms with Gasteiger partial charge in [0, 0.05) is 18.6 Å². The quantitative estimate of drug-likeness (QED) is 0.787. The zero-order chi connectivity index (χ0) is 14.4. The third kappa shape index (κ3) is 3.96. The summed E-state index contributed by atoms with van der Waals surface area (Å²) in [5, 5.41) is 9.51. The fourth-order valence-electron chi connectivity index (χ4n) is 4.49.